The van der Waals surface area contributed by atoms with Gasteiger partial charge in [0.15, 0.2) is 5.96 Å². The molecule has 1 aliphatic heterocycles. The molecule has 172 valence electrons. The minimum Gasteiger partial charge on any atom is -0.381 e. The predicted molar refractivity (Wildman–Crippen MR) is 127 cm³/mol. The molecular weight excluding hydrogens is 403 g/mol. The predicted octanol–water partition coefficient (Wildman–Crippen LogP) is 3.92. The Morgan fingerprint density at radius 3 is 2.28 bits per heavy atom. The van der Waals surface area contributed by atoms with E-state index < -0.39 is 0 Å². The number of benzene rings is 2. The first kappa shape index (κ1) is 22.7. The summed E-state index contributed by atoms with van der Waals surface area (Å²) in [5, 5.41) is 10.9. The Balaban J connectivity index is 1.37. The van der Waals surface area contributed by atoms with E-state index in [0.29, 0.717) is 6.54 Å². The molecule has 4 rings (SSSR count). The van der Waals surface area contributed by atoms with Crippen molar-refractivity contribution in [3.05, 3.63) is 71.5 Å². The summed E-state index contributed by atoms with van der Waals surface area (Å²) in [5.41, 5.74) is 1.89. The van der Waals surface area contributed by atoms with Crippen molar-refractivity contribution >= 4 is 5.96 Å². The Hall–Kier alpha value is -2.44. The van der Waals surface area contributed by atoms with E-state index in [-0.39, 0.29) is 22.8 Å². The van der Waals surface area contributed by atoms with Crippen LogP contribution in [0.1, 0.15) is 49.8 Å². The molecule has 6 heteroatoms. The largest absolute Gasteiger partial charge is 0.381 e. The minimum atomic E-state index is -0.126. The maximum absolute atomic E-state index is 14.3. The Morgan fingerprint density at radius 2 is 1.62 bits per heavy atom. The number of hydrogen-bond donors (Lipinski definition) is 3. The lowest BCUT2D eigenvalue weighted by molar-refractivity contribution is 0.0355. The second kappa shape index (κ2) is 10.0. The zero-order valence-corrected chi connectivity index (χ0v) is 19.2. The van der Waals surface area contributed by atoms with Crippen LogP contribution in [0, 0.1) is 5.82 Å². The lowest BCUT2D eigenvalue weighted by Crippen LogP contribution is -2.58. The molecule has 1 unspecified atom stereocenters. The molecule has 0 spiro atoms. The van der Waals surface area contributed by atoms with E-state index in [2.05, 4.69) is 52.1 Å². The molecule has 2 aromatic carbocycles. The van der Waals surface area contributed by atoms with Gasteiger partial charge in [0.25, 0.3) is 0 Å². The van der Waals surface area contributed by atoms with Crippen molar-refractivity contribution in [1.82, 2.24) is 16.0 Å². The summed E-state index contributed by atoms with van der Waals surface area (Å²) >= 11 is 0. The van der Waals surface area contributed by atoms with Crippen molar-refractivity contribution < 1.29 is 9.13 Å². The summed E-state index contributed by atoms with van der Waals surface area (Å²) in [6, 6.07) is 17.9. The third-order valence-corrected chi connectivity index (χ3v) is 6.98. The fourth-order valence-electron chi connectivity index (χ4n) is 4.73. The summed E-state index contributed by atoms with van der Waals surface area (Å²) < 4.78 is 20.0. The summed E-state index contributed by atoms with van der Waals surface area (Å²) in [7, 11) is 1.79. The van der Waals surface area contributed by atoms with Crippen LogP contribution >= 0.6 is 0 Å². The highest BCUT2D eigenvalue weighted by Crippen LogP contribution is 2.48. The Bertz CT molecular complexity index is 907. The van der Waals surface area contributed by atoms with Crippen LogP contribution in [0.2, 0.25) is 0 Å². The van der Waals surface area contributed by atoms with Crippen LogP contribution in [-0.2, 0) is 10.2 Å². The fourth-order valence-corrected chi connectivity index (χ4v) is 4.73. The molecule has 3 N–H and O–H groups in total. The molecular formula is C26H35FN4O. The highest BCUT2D eigenvalue weighted by molar-refractivity contribution is 5.80. The third kappa shape index (κ3) is 5.30. The van der Waals surface area contributed by atoms with Crippen LogP contribution in [0.25, 0.3) is 0 Å². The van der Waals surface area contributed by atoms with E-state index in [4.69, 9.17) is 4.74 Å². The van der Waals surface area contributed by atoms with Crippen molar-refractivity contribution in [2.24, 2.45) is 4.99 Å². The van der Waals surface area contributed by atoms with Crippen LogP contribution in [0.5, 0.6) is 0 Å². The molecule has 2 fully saturated rings. The Labute approximate surface area is 190 Å². The number of ether oxygens (including phenoxy) is 1. The van der Waals surface area contributed by atoms with Crippen LogP contribution in [0.3, 0.4) is 0 Å². The van der Waals surface area contributed by atoms with Crippen molar-refractivity contribution in [2.75, 3.05) is 33.4 Å². The molecule has 0 bridgehead atoms. The average molecular weight is 439 g/mol. The first-order valence-electron chi connectivity index (χ1n) is 11.7. The van der Waals surface area contributed by atoms with Gasteiger partial charge in [-0.15, -0.1) is 0 Å². The van der Waals surface area contributed by atoms with Crippen LogP contribution in [0.4, 0.5) is 4.39 Å². The van der Waals surface area contributed by atoms with Gasteiger partial charge in [-0.25, -0.2) is 4.39 Å². The quantitative estimate of drug-likeness (QED) is 0.432. The van der Waals surface area contributed by atoms with Gasteiger partial charge in [-0.05, 0) is 49.8 Å². The van der Waals surface area contributed by atoms with Crippen molar-refractivity contribution in [2.45, 2.75) is 49.6 Å². The van der Waals surface area contributed by atoms with Gasteiger partial charge in [-0.1, -0.05) is 48.5 Å². The molecule has 32 heavy (non-hydrogen) atoms. The number of aliphatic imine (C=N–C) groups is 1. The highest BCUT2D eigenvalue weighted by Gasteiger charge is 2.46. The van der Waals surface area contributed by atoms with Gasteiger partial charge in [-0.3, -0.25) is 4.99 Å². The molecule has 1 atom stereocenters. The molecule has 1 saturated carbocycles. The van der Waals surface area contributed by atoms with E-state index in [1.165, 1.54) is 5.56 Å². The van der Waals surface area contributed by atoms with Crippen molar-refractivity contribution in [3.63, 3.8) is 0 Å². The van der Waals surface area contributed by atoms with E-state index in [1.54, 1.807) is 19.2 Å². The summed E-state index contributed by atoms with van der Waals surface area (Å²) in [4.78, 5) is 4.43. The van der Waals surface area contributed by atoms with E-state index >= 15 is 0 Å². The third-order valence-electron chi connectivity index (χ3n) is 6.98. The van der Waals surface area contributed by atoms with Crippen LogP contribution < -0.4 is 16.0 Å². The van der Waals surface area contributed by atoms with Gasteiger partial charge >= 0.3 is 0 Å². The molecule has 0 radical (unpaired) electrons. The van der Waals surface area contributed by atoms with Crippen molar-refractivity contribution in [1.29, 1.82) is 0 Å². The zero-order chi connectivity index (χ0) is 22.4. The average Bonchev–Trinajstić information content (AvgIpc) is 3.61. The van der Waals surface area contributed by atoms with Crippen LogP contribution in [0.15, 0.2) is 59.6 Å². The Kier molecular flexibility index (Phi) is 7.11. The second-order valence-electron chi connectivity index (χ2n) is 9.21. The maximum atomic E-state index is 14.3. The number of rotatable bonds is 8. The number of nitrogens with one attached hydrogen (secondary N) is 3. The van der Waals surface area contributed by atoms with E-state index in [9.17, 15) is 4.39 Å². The van der Waals surface area contributed by atoms with Gasteiger partial charge in [0.2, 0.25) is 0 Å². The lowest BCUT2D eigenvalue weighted by atomic mass is 9.88. The standard InChI is InChI=1S/C26H35FN4O/c1-20(21-8-4-3-5-9-21)31-26(14-16-32-17-15-26)19-30-24(28-2)29-18-25(12-13-25)22-10-6-7-11-23(22)27/h3-11,20,31H,12-19H2,1-2H3,(H2,28,29,30). The van der Waals surface area contributed by atoms with Gasteiger partial charge in [0.05, 0.1) is 0 Å². The topological polar surface area (TPSA) is 57.7 Å². The zero-order valence-electron chi connectivity index (χ0n) is 19.2. The summed E-state index contributed by atoms with van der Waals surface area (Å²) in [6.07, 6.45) is 3.87. The second-order valence-corrected chi connectivity index (χ2v) is 9.21. The van der Waals surface area contributed by atoms with Gasteiger partial charge in [0, 0.05) is 50.3 Å². The van der Waals surface area contributed by atoms with E-state index in [1.807, 2.05) is 18.2 Å². The lowest BCUT2D eigenvalue weighted by Gasteiger charge is -2.41. The smallest absolute Gasteiger partial charge is 0.191 e. The number of nitrogens with zero attached hydrogens (tertiary/aromatic N) is 1. The molecule has 2 aromatic rings. The first-order chi connectivity index (χ1) is 15.6. The van der Waals surface area contributed by atoms with Crippen molar-refractivity contribution in [3.8, 4) is 0 Å². The van der Waals surface area contributed by atoms with E-state index in [0.717, 1.165) is 57.0 Å². The Morgan fingerprint density at radius 1 is 0.969 bits per heavy atom. The SMILES string of the molecule is CN=C(NCC1(NC(C)c2ccccc2)CCOCC1)NCC1(c2ccccc2F)CC1. The highest BCUT2D eigenvalue weighted by atomic mass is 19.1. The molecule has 2 aliphatic rings. The molecule has 1 saturated heterocycles. The molecule has 1 aliphatic carbocycles. The fraction of sp³-hybridized carbons (Fsp3) is 0.500. The maximum Gasteiger partial charge on any atom is 0.191 e. The van der Waals surface area contributed by atoms with Gasteiger partial charge in [0.1, 0.15) is 5.82 Å². The molecule has 1 heterocycles. The number of halogens is 1. The molecule has 0 aromatic heterocycles. The van der Waals surface area contributed by atoms with Gasteiger partial charge < -0.3 is 20.7 Å². The molecule has 0 amide bonds. The number of hydrogen-bond acceptors (Lipinski definition) is 3. The van der Waals surface area contributed by atoms with Gasteiger partial charge in [-0.2, -0.15) is 0 Å². The number of guanidine groups is 1. The monoisotopic (exact) mass is 438 g/mol. The summed E-state index contributed by atoms with van der Waals surface area (Å²) in [6.45, 7) is 5.14. The first-order valence-corrected chi connectivity index (χ1v) is 11.7. The summed E-state index contributed by atoms with van der Waals surface area (Å²) in [5.74, 6) is 0.641. The normalized spacial score (nSPS) is 20.4. The molecule has 5 nitrogen and oxygen atoms in total. The van der Waals surface area contributed by atoms with Crippen LogP contribution in [-0.4, -0.2) is 44.8 Å². The minimum absolute atomic E-state index is 0.0755.